The van der Waals surface area contributed by atoms with Crippen LogP contribution in [0.15, 0.2) is 24.5 Å². The van der Waals surface area contributed by atoms with Crippen LogP contribution in [0.25, 0.3) is 0 Å². The molecule has 0 saturated heterocycles. The fourth-order valence-corrected chi connectivity index (χ4v) is 0.278. The van der Waals surface area contributed by atoms with Gasteiger partial charge in [-0.25, -0.2) is 0 Å². The molecule has 1 N–H and O–H groups in total. The Kier molecular flexibility index (Phi) is 3.35. The van der Waals surface area contributed by atoms with Gasteiger partial charge in [0.1, 0.15) is 0 Å². The van der Waals surface area contributed by atoms with Crippen LogP contribution in [0.4, 0.5) is 0 Å². The number of aromatic amines is 1. The fourth-order valence-electron chi connectivity index (χ4n) is 0.278. The van der Waals surface area contributed by atoms with E-state index in [2.05, 4.69) is 4.98 Å². The van der Waals surface area contributed by atoms with Crippen LogP contribution >= 0.6 is 0 Å². The van der Waals surface area contributed by atoms with Crippen molar-refractivity contribution < 1.29 is 0 Å². The minimum absolute atomic E-state index is 0. The van der Waals surface area contributed by atoms with Crippen LogP contribution in [0.1, 0.15) is 0 Å². The van der Waals surface area contributed by atoms with Gasteiger partial charge in [-0.2, -0.15) is 0 Å². The third-order valence-electron chi connectivity index (χ3n) is 0.496. The minimum atomic E-state index is 0. The normalized spacial score (nSPS) is 6.67. The molecule has 6 heavy (non-hydrogen) atoms. The van der Waals surface area contributed by atoms with E-state index < -0.39 is 0 Å². The van der Waals surface area contributed by atoms with Crippen molar-refractivity contribution in [2.75, 3.05) is 0 Å². The monoisotopic (exact) mass is 188 g/mol. The summed E-state index contributed by atoms with van der Waals surface area (Å²) in [6, 6.07) is 3.89. The number of H-pyrrole nitrogens is 1. The largest absolute Gasteiger partial charge is 0.368 e. The Balaban J connectivity index is 0.000000250. The quantitative estimate of drug-likeness (QED) is 0.576. The number of rotatable bonds is 0. The first-order valence-corrected chi connectivity index (χ1v) is 1.58. The molecule has 3 radical (unpaired) electrons. The van der Waals surface area contributed by atoms with Gasteiger partial charge in [-0.3, -0.25) is 0 Å². The number of hydrogen-bond acceptors (Lipinski definition) is 0. The van der Waals surface area contributed by atoms with E-state index >= 15 is 0 Å². The smallest absolute Gasteiger partial charge is 0.000496 e. The molecule has 0 atom stereocenters. The zero-order chi connectivity index (χ0) is 3.54. The minimum Gasteiger partial charge on any atom is -0.368 e. The first-order chi connectivity index (χ1) is 2.50. The molecule has 0 aliphatic carbocycles. The second-order valence-electron chi connectivity index (χ2n) is 0.885. The molecule has 0 aliphatic rings. The zero-order valence-corrected chi connectivity index (χ0v) is 5.81. The Hall–Kier alpha value is 0.0982. The maximum absolute atomic E-state index is 2.86. The zero-order valence-electron chi connectivity index (χ0n) is 3.26. The summed E-state index contributed by atoms with van der Waals surface area (Å²) in [6.45, 7) is 0. The second kappa shape index (κ2) is 3.29. The van der Waals surface area contributed by atoms with E-state index in [4.69, 9.17) is 0 Å². The summed E-state index contributed by atoms with van der Waals surface area (Å²) in [5.41, 5.74) is 0. The molecule has 1 aromatic heterocycles. The summed E-state index contributed by atoms with van der Waals surface area (Å²) in [7, 11) is 0. The number of hydrogen-bond donors (Lipinski definition) is 1. The first kappa shape index (κ1) is 6.10. The van der Waals surface area contributed by atoms with Crippen molar-refractivity contribution in [2.45, 2.75) is 0 Å². The topological polar surface area (TPSA) is 15.8 Å². The first-order valence-electron chi connectivity index (χ1n) is 1.58. The predicted molar refractivity (Wildman–Crippen MR) is 26.5 cm³/mol. The van der Waals surface area contributed by atoms with Crippen LogP contribution in [0.3, 0.4) is 0 Å². The van der Waals surface area contributed by atoms with Gasteiger partial charge < -0.3 is 4.98 Å². The Morgan fingerprint density at radius 2 is 1.50 bits per heavy atom. The van der Waals surface area contributed by atoms with E-state index in [-0.39, 0.29) is 24.4 Å². The third-order valence-corrected chi connectivity index (χ3v) is 0.496. The van der Waals surface area contributed by atoms with Gasteiger partial charge in [-0.1, -0.05) is 0 Å². The van der Waals surface area contributed by atoms with Gasteiger partial charge in [-0.15, -0.1) is 0 Å². The molecule has 0 amide bonds. The van der Waals surface area contributed by atoms with Crippen molar-refractivity contribution in [2.24, 2.45) is 0 Å². The second-order valence-corrected chi connectivity index (χ2v) is 0.885. The summed E-state index contributed by atoms with van der Waals surface area (Å²) in [5.74, 6) is 0. The van der Waals surface area contributed by atoms with Gasteiger partial charge in [0.15, 0.2) is 0 Å². The third kappa shape index (κ3) is 1.51. The van der Waals surface area contributed by atoms with Gasteiger partial charge in [0.2, 0.25) is 0 Å². The van der Waals surface area contributed by atoms with Crippen molar-refractivity contribution in [1.29, 1.82) is 0 Å². The van der Waals surface area contributed by atoms with Crippen LogP contribution in [0.2, 0.25) is 0 Å². The molecular weight excluding hydrogens is 184 g/mol. The SMILES string of the molecule is [Sb].c1cc[nH]c1. The molecule has 1 rings (SSSR count). The number of aromatic nitrogens is 1. The molecule has 1 heterocycles. The summed E-state index contributed by atoms with van der Waals surface area (Å²) in [5, 5.41) is 0. The van der Waals surface area contributed by atoms with Gasteiger partial charge >= 0.3 is 0 Å². The summed E-state index contributed by atoms with van der Waals surface area (Å²) < 4.78 is 0. The van der Waals surface area contributed by atoms with Crippen molar-refractivity contribution in [3.05, 3.63) is 24.5 Å². The summed E-state index contributed by atoms with van der Waals surface area (Å²) in [6.07, 6.45) is 3.75. The average Bonchev–Trinajstić information content (AvgIpc) is 1.76. The van der Waals surface area contributed by atoms with Crippen LogP contribution in [0, 0.1) is 0 Å². The van der Waals surface area contributed by atoms with E-state index in [0.29, 0.717) is 0 Å². The van der Waals surface area contributed by atoms with E-state index in [1.165, 1.54) is 0 Å². The van der Waals surface area contributed by atoms with E-state index in [0.717, 1.165) is 0 Å². The summed E-state index contributed by atoms with van der Waals surface area (Å²) in [4.78, 5) is 2.86. The van der Waals surface area contributed by atoms with E-state index in [1.807, 2.05) is 24.5 Å². The van der Waals surface area contributed by atoms with E-state index in [9.17, 15) is 0 Å². The molecule has 0 saturated carbocycles. The summed E-state index contributed by atoms with van der Waals surface area (Å²) >= 11 is 0. The van der Waals surface area contributed by atoms with Crippen molar-refractivity contribution in [3.8, 4) is 0 Å². The Morgan fingerprint density at radius 3 is 1.67 bits per heavy atom. The van der Waals surface area contributed by atoms with Crippen LogP contribution in [-0.2, 0) is 0 Å². The molecule has 0 bridgehead atoms. The fraction of sp³-hybridized carbons (Fsp3) is 0. The number of nitrogens with one attached hydrogen (secondary N) is 1. The van der Waals surface area contributed by atoms with Gasteiger partial charge in [0, 0.05) is 36.8 Å². The molecule has 31 valence electrons. The Morgan fingerprint density at radius 1 is 1.00 bits per heavy atom. The van der Waals surface area contributed by atoms with Crippen molar-refractivity contribution in [3.63, 3.8) is 0 Å². The van der Waals surface area contributed by atoms with Crippen LogP contribution in [0.5, 0.6) is 0 Å². The maximum atomic E-state index is 2.86. The standard InChI is InChI=1S/C4H5N.Sb/c1-2-4-5-3-1;/h1-5H;. The molecule has 0 unspecified atom stereocenters. The van der Waals surface area contributed by atoms with Crippen molar-refractivity contribution >= 4 is 24.4 Å². The van der Waals surface area contributed by atoms with Crippen molar-refractivity contribution in [1.82, 2.24) is 4.98 Å². The molecule has 1 nitrogen and oxygen atoms in total. The Bertz CT molecular complexity index is 64.0. The average molecular weight is 189 g/mol. The Labute approximate surface area is 54.2 Å². The molecule has 0 aliphatic heterocycles. The van der Waals surface area contributed by atoms with E-state index in [1.54, 1.807) is 0 Å². The van der Waals surface area contributed by atoms with Gasteiger partial charge in [-0.05, 0) is 12.1 Å². The molecule has 0 aromatic carbocycles. The van der Waals surface area contributed by atoms with Gasteiger partial charge in [0.25, 0.3) is 0 Å². The maximum Gasteiger partial charge on any atom is 0.000496 e. The molecule has 2 heteroatoms. The molecule has 0 spiro atoms. The van der Waals surface area contributed by atoms with Crippen LogP contribution < -0.4 is 0 Å². The van der Waals surface area contributed by atoms with Crippen LogP contribution in [-0.4, -0.2) is 29.4 Å². The molecular formula is C4H5NSb. The van der Waals surface area contributed by atoms with Gasteiger partial charge in [0.05, 0.1) is 0 Å². The molecule has 1 aromatic rings. The molecule has 0 fully saturated rings. The predicted octanol–water partition coefficient (Wildman–Crippen LogP) is 0.634.